The second-order valence-corrected chi connectivity index (χ2v) is 5.41. The zero-order chi connectivity index (χ0) is 15.2. The lowest BCUT2D eigenvalue weighted by atomic mass is 9.99. The summed E-state index contributed by atoms with van der Waals surface area (Å²) in [5.41, 5.74) is 1.60. The van der Waals surface area contributed by atoms with Crippen molar-refractivity contribution < 1.29 is 4.79 Å². The number of rotatable bonds is 5. The molecule has 21 heavy (non-hydrogen) atoms. The fourth-order valence-corrected chi connectivity index (χ4v) is 2.28. The van der Waals surface area contributed by atoms with Crippen LogP contribution in [-0.4, -0.2) is 12.5 Å². The van der Waals surface area contributed by atoms with Gasteiger partial charge in [0.25, 0.3) is 5.91 Å². The van der Waals surface area contributed by atoms with Gasteiger partial charge < -0.3 is 5.32 Å². The maximum Gasteiger partial charge on any atom is 0.251 e. The van der Waals surface area contributed by atoms with E-state index in [9.17, 15) is 4.79 Å². The molecule has 1 amide bonds. The molecule has 0 aliphatic rings. The molecule has 2 aromatic carbocycles. The SMILES string of the molecule is C=CC(CNC(=O)c1ccccc1)c1ccc(Cl)c(Cl)c1. The van der Waals surface area contributed by atoms with Gasteiger partial charge in [0.1, 0.15) is 0 Å². The molecule has 2 nitrogen and oxygen atoms in total. The van der Waals surface area contributed by atoms with Crippen LogP contribution in [0, 0.1) is 0 Å². The quantitative estimate of drug-likeness (QED) is 0.795. The number of benzene rings is 2. The van der Waals surface area contributed by atoms with Crippen molar-refractivity contribution in [2.24, 2.45) is 0 Å². The summed E-state index contributed by atoms with van der Waals surface area (Å²) in [5.74, 6) is -0.130. The van der Waals surface area contributed by atoms with E-state index >= 15 is 0 Å². The summed E-state index contributed by atoms with van der Waals surface area (Å²) in [5, 5.41) is 3.90. The number of halogens is 2. The molecule has 0 saturated heterocycles. The van der Waals surface area contributed by atoms with Crippen LogP contribution in [0.25, 0.3) is 0 Å². The van der Waals surface area contributed by atoms with Crippen LogP contribution in [0.2, 0.25) is 10.0 Å². The highest BCUT2D eigenvalue weighted by atomic mass is 35.5. The number of nitrogens with one attached hydrogen (secondary N) is 1. The minimum absolute atomic E-state index is 0.0209. The van der Waals surface area contributed by atoms with Gasteiger partial charge in [-0.2, -0.15) is 0 Å². The summed E-state index contributed by atoms with van der Waals surface area (Å²) in [6.45, 7) is 4.27. The first-order chi connectivity index (χ1) is 10.1. The second-order valence-electron chi connectivity index (χ2n) is 4.59. The molecule has 0 fully saturated rings. The van der Waals surface area contributed by atoms with Crippen molar-refractivity contribution in [3.05, 3.63) is 82.4 Å². The van der Waals surface area contributed by atoms with Gasteiger partial charge in [-0.1, -0.05) is 53.5 Å². The van der Waals surface area contributed by atoms with Gasteiger partial charge in [0.15, 0.2) is 0 Å². The van der Waals surface area contributed by atoms with Gasteiger partial charge in [-0.25, -0.2) is 0 Å². The third-order valence-electron chi connectivity index (χ3n) is 3.17. The average molecular weight is 320 g/mol. The minimum Gasteiger partial charge on any atom is -0.351 e. The second kappa shape index (κ2) is 7.30. The zero-order valence-electron chi connectivity index (χ0n) is 11.4. The van der Waals surface area contributed by atoms with Crippen molar-refractivity contribution >= 4 is 29.1 Å². The van der Waals surface area contributed by atoms with Crippen LogP contribution in [0.5, 0.6) is 0 Å². The molecule has 0 aromatic heterocycles. The molecule has 0 saturated carbocycles. The Bertz CT molecular complexity index is 640. The molecule has 0 spiro atoms. The lowest BCUT2D eigenvalue weighted by Gasteiger charge is -2.15. The molecule has 0 radical (unpaired) electrons. The van der Waals surface area contributed by atoms with E-state index in [-0.39, 0.29) is 11.8 Å². The molecule has 1 N–H and O–H groups in total. The highest BCUT2D eigenvalue weighted by molar-refractivity contribution is 6.42. The van der Waals surface area contributed by atoms with Crippen molar-refractivity contribution in [2.75, 3.05) is 6.54 Å². The Balaban J connectivity index is 2.04. The first-order valence-corrected chi connectivity index (χ1v) is 7.28. The Morgan fingerprint density at radius 1 is 1.14 bits per heavy atom. The standard InChI is InChI=1S/C17H15Cl2NO/c1-2-12(14-8-9-15(18)16(19)10-14)11-20-17(21)13-6-4-3-5-7-13/h2-10,12H,1,11H2,(H,20,21). The highest BCUT2D eigenvalue weighted by Crippen LogP contribution is 2.26. The van der Waals surface area contributed by atoms with Crippen molar-refractivity contribution in [2.45, 2.75) is 5.92 Å². The van der Waals surface area contributed by atoms with Crippen molar-refractivity contribution in [3.8, 4) is 0 Å². The smallest absolute Gasteiger partial charge is 0.251 e. The molecule has 0 bridgehead atoms. The van der Waals surface area contributed by atoms with E-state index in [1.165, 1.54) is 0 Å². The van der Waals surface area contributed by atoms with E-state index in [0.29, 0.717) is 22.2 Å². The summed E-state index contributed by atoms with van der Waals surface area (Å²) >= 11 is 11.9. The summed E-state index contributed by atoms with van der Waals surface area (Å²) in [6, 6.07) is 14.5. The summed E-state index contributed by atoms with van der Waals surface area (Å²) in [7, 11) is 0. The minimum atomic E-state index is -0.109. The van der Waals surface area contributed by atoms with Gasteiger partial charge in [0.05, 0.1) is 10.0 Å². The highest BCUT2D eigenvalue weighted by Gasteiger charge is 2.12. The number of carbonyl (C=O) groups excluding carboxylic acids is 1. The Morgan fingerprint density at radius 2 is 1.86 bits per heavy atom. The Labute approximate surface area is 134 Å². The van der Waals surface area contributed by atoms with Crippen LogP contribution >= 0.6 is 23.2 Å². The van der Waals surface area contributed by atoms with Crippen LogP contribution in [0.4, 0.5) is 0 Å². The largest absolute Gasteiger partial charge is 0.351 e. The molecule has 0 heterocycles. The van der Waals surface area contributed by atoms with Crippen molar-refractivity contribution in [1.29, 1.82) is 0 Å². The Kier molecular flexibility index (Phi) is 5.43. The van der Waals surface area contributed by atoms with Gasteiger partial charge in [0.2, 0.25) is 0 Å². The molecule has 2 rings (SSSR count). The van der Waals surface area contributed by atoms with Gasteiger partial charge in [-0.3, -0.25) is 4.79 Å². The third-order valence-corrected chi connectivity index (χ3v) is 3.91. The average Bonchev–Trinajstić information content (AvgIpc) is 2.52. The molecule has 4 heteroatoms. The topological polar surface area (TPSA) is 29.1 Å². The molecule has 108 valence electrons. The van der Waals surface area contributed by atoms with E-state index in [1.54, 1.807) is 30.3 Å². The molecule has 0 aliphatic carbocycles. The number of hydrogen-bond donors (Lipinski definition) is 1. The first kappa shape index (κ1) is 15.6. The normalized spacial score (nSPS) is 11.7. The fourth-order valence-electron chi connectivity index (χ4n) is 1.97. The molecule has 1 atom stereocenters. The first-order valence-electron chi connectivity index (χ1n) is 6.52. The predicted molar refractivity (Wildman–Crippen MR) is 88.2 cm³/mol. The number of amides is 1. The van der Waals surface area contributed by atoms with E-state index in [1.807, 2.05) is 24.3 Å². The number of carbonyl (C=O) groups is 1. The predicted octanol–water partition coefficient (Wildman–Crippen LogP) is 4.69. The van der Waals surface area contributed by atoms with E-state index in [0.717, 1.165) is 5.56 Å². The number of hydrogen-bond acceptors (Lipinski definition) is 1. The van der Waals surface area contributed by atoms with Crippen LogP contribution in [-0.2, 0) is 0 Å². The van der Waals surface area contributed by atoms with Crippen LogP contribution in [0.15, 0.2) is 61.2 Å². The molecule has 2 aromatic rings. The molecule has 0 aliphatic heterocycles. The lowest BCUT2D eigenvalue weighted by molar-refractivity contribution is 0.0952. The van der Waals surface area contributed by atoms with Gasteiger partial charge in [-0.15, -0.1) is 6.58 Å². The van der Waals surface area contributed by atoms with E-state index in [2.05, 4.69) is 11.9 Å². The third kappa shape index (κ3) is 4.10. The summed E-state index contributed by atoms with van der Waals surface area (Å²) < 4.78 is 0. The van der Waals surface area contributed by atoms with Crippen LogP contribution < -0.4 is 5.32 Å². The Morgan fingerprint density at radius 3 is 2.48 bits per heavy atom. The molecular formula is C17H15Cl2NO. The zero-order valence-corrected chi connectivity index (χ0v) is 12.9. The van der Waals surface area contributed by atoms with Gasteiger partial charge in [-0.05, 0) is 29.8 Å². The van der Waals surface area contributed by atoms with Crippen LogP contribution in [0.1, 0.15) is 21.8 Å². The maximum absolute atomic E-state index is 12.0. The summed E-state index contributed by atoms with van der Waals surface area (Å²) in [6.07, 6.45) is 1.78. The monoisotopic (exact) mass is 319 g/mol. The molecular weight excluding hydrogens is 305 g/mol. The molecule has 1 unspecified atom stereocenters. The maximum atomic E-state index is 12.0. The van der Waals surface area contributed by atoms with Crippen molar-refractivity contribution in [1.82, 2.24) is 5.32 Å². The van der Waals surface area contributed by atoms with Crippen LogP contribution in [0.3, 0.4) is 0 Å². The van der Waals surface area contributed by atoms with Gasteiger partial charge in [0, 0.05) is 18.0 Å². The van der Waals surface area contributed by atoms with E-state index < -0.39 is 0 Å². The van der Waals surface area contributed by atoms with E-state index in [4.69, 9.17) is 23.2 Å². The summed E-state index contributed by atoms with van der Waals surface area (Å²) in [4.78, 5) is 12.0. The van der Waals surface area contributed by atoms with Gasteiger partial charge >= 0.3 is 0 Å². The fraction of sp³-hybridized carbons (Fsp3) is 0.118. The lowest BCUT2D eigenvalue weighted by Crippen LogP contribution is -2.27. The Hall–Kier alpha value is -1.77. The van der Waals surface area contributed by atoms with Crippen molar-refractivity contribution in [3.63, 3.8) is 0 Å².